The maximum absolute atomic E-state index is 5.77. The van der Waals surface area contributed by atoms with Gasteiger partial charge in [-0.05, 0) is 22.9 Å². The van der Waals surface area contributed by atoms with Crippen LogP contribution in [0.4, 0.5) is 0 Å². The maximum Gasteiger partial charge on any atom is 0.139 e. The van der Waals surface area contributed by atoms with Gasteiger partial charge in [0.15, 0.2) is 0 Å². The van der Waals surface area contributed by atoms with E-state index in [1.54, 1.807) is 6.08 Å². The molecule has 2 N–H and O–H groups in total. The lowest BCUT2D eigenvalue weighted by molar-refractivity contribution is 1.32. The number of aromatic nitrogens is 1. The molecule has 0 spiro atoms. The number of fused-ring (bicyclic) bond motifs is 1. The van der Waals surface area contributed by atoms with Crippen LogP contribution in [0.25, 0.3) is 33.0 Å². The molecule has 0 aliphatic heterocycles. The van der Waals surface area contributed by atoms with E-state index in [0.29, 0.717) is 5.70 Å². The Morgan fingerprint density at radius 2 is 1.90 bits per heavy atom. The monoisotopic (exact) mass is 310 g/mol. The quantitative estimate of drug-likeness (QED) is 0.680. The van der Waals surface area contributed by atoms with E-state index < -0.39 is 0 Å². The van der Waals surface area contributed by atoms with Crippen molar-refractivity contribution in [2.45, 2.75) is 4.90 Å². The molecule has 3 aromatic rings. The Balaban J connectivity index is 2.33. The fourth-order valence-corrected chi connectivity index (χ4v) is 3.54. The van der Waals surface area contributed by atoms with Crippen molar-refractivity contribution in [2.75, 3.05) is 0 Å². The SMILES string of the molecule is C=Cc1nc(C(=C)N)sc1-c1ccc(S)c2ccccc12. The molecule has 0 bridgehead atoms. The highest BCUT2D eigenvalue weighted by molar-refractivity contribution is 7.80. The van der Waals surface area contributed by atoms with Crippen molar-refractivity contribution in [1.82, 2.24) is 4.98 Å². The average Bonchev–Trinajstić information content (AvgIpc) is 2.92. The fourth-order valence-electron chi connectivity index (χ4n) is 2.28. The summed E-state index contributed by atoms with van der Waals surface area (Å²) in [5.74, 6) is 0. The Morgan fingerprint density at radius 1 is 1.19 bits per heavy atom. The summed E-state index contributed by atoms with van der Waals surface area (Å²) in [5, 5.41) is 3.00. The number of nitrogens with zero attached hydrogens (tertiary/aromatic N) is 1. The lowest BCUT2D eigenvalue weighted by atomic mass is 10.0. The molecule has 0 unspecified atom stereocenters. The molecular formula is C17H14N2S2. The summed E-state index contributed by atoms with van der Waals surface area (Å²) in [6.07, 6.45) is 1.75. The normalized spacial score (nSPS) is 10.7. The van der Waals surface area contributed by atoms with Crippen LogP contribution in [0.2, 0.25) is 0 Å². The Bertz CT molecular complexity index is 862. The third kappa shape index (κ3) is 2.37. The lowest BCUT2D eigenvalue weighted by Crippen LogP contribution is -1.92. The number of benzene rings is 2. The van der Waals surface area contributed by atoms with E-state index in [0.717, 1.165) is 36.8 Å². The van der Waals surface area contributed by atoms with Gasteiger partial charge in [-0.3, -0.25) is 0 Å². The number of rotatable bonds is 3. The zero-order valence-corrected chi connectivity index (χ0v) is 13.0. The van der Waals surface area contributed by atoms with Crippen LogP contribution in [0.3, 0.4) is 0 Å². The van der Waals surface area contributed by atoms with Crippen molar-refractivity contribution in [2.24, 2.45) is 5.73 Å². The minimum atomic E-state index is 0.476. The van der Waals surface area contributed by atoms with Crippen molar-refractivity contribution in [3.05, 3.63) is 60.3 Å². The standard InChI is InChI=1S/C17H14N2S2/c1-3-14-16(21-17(19-14)10(2)18)13-8-9-15(20)12-7-5-4-6-11(12)13/h3-9,20H,1-2,18H2. The second kappa shape index (κ2) is 5.39. The molecule has 1 aromatic heterocycles. The summed E-state index contributed by atoms with van der Waals surface area (Å²) in [6, 6.07) is 12.3. The molecule has 3 rings (SSSR count). The van der Waals surface area contributed by atoms with Crippen LogP contribution >= 0.6 is 24.0 Å². The first-order valence-corrected chi connectivity index (χ1v) is 7.67. The molecule has 0 amide bonds. The third-order valence-electron chi connectivity index (χ3n) is 3.27. The number of thiazole rings is 1. The average molecular weight is 310 g/mol. The second-order valence-electron chi connectivity index (χ2n) is 4.64. The largest absolute Gasteiger partial charge is 0.397 e. The van der Waals surface area contributed by atoms with E-state index in [9.17, 15) is 0 Å². The van der Waals surface area contributed by atoms with Crippen molar-refractivity contribution >= 4 is 46.5 Å². The zero-order chi connectivity index (χ0) is 15.0. The first-order chi connectivity index (χ1) is 10.1. The summed E-state index contributed by atoms with van der Waals surface area (Å²) in [7, 11) is 0. The number of hydrogen-bond acceptors (Lipinski definition) is 4. The van der Waals surface area contributed by atoms with Crippen molar-refractivity contribution < 1.29 is 0 Å². The van der Waals surface area contributed by atoms with Crippen LogP contribution < -0.4 is 5.73 Å². The summed E-state index contributed by atoms with van der Waals surface area (Å²) < 4.78 is 0. The van der Waals surface area contributed by atoms with Crippen molar-refractivity contribution in [1.29, 1.82) is 0 Å². The minimum absolute atomic E-state index is 0.476. The molecule has 2 nitrogen and oxygen atoms in total. The highest BCUT2D eigenvalue weighted by Gasteiger charge is 2.14. The number of nitrogens with two attached hydrogens (primary N) is 1. The summed E-state index contributed by atoms with van der Waals surface area (Å²) in [6.45, 7) is 7.61. The Morgan fingerprint density at radius 3 is 2.57 bits per heavy atom. The predicted octanol–water partition coefficient (Wildman–Crippen LogP) is 4.82. The molecule has 0 aliphatic carbocycles. The van der Waals surface area contributed by atoms with Gasteiger partial charge in [0.25, 0.3) is 0 Å². The number of hydrogen-bond donors (Lipinski definition) is 2. The molecule has 0 saturated heterocycles. The second-order valence-corrected chi connectivity index (χ2v) is 6.12. The predicted molar refractivity (Wildman–Crippen MR) is 95.6 cm³/mol. The molecule has 1 heterocycles. The van der Waals surface area contributed by atoms with Crippen LogP contribution in [0.1, 0.15) is 10.7 Å². The molecule has 4 heteroatoms. The van der Waals surface area contributed by atoms with E-state index in [1.165, 1.54) is 11.3 Å². The lowest BCUT2D eigenvalue weighted by Gasteiger charge is -2.07. The summed E-state index contributed by atoms with van der Waals surface area (Å²) in [4.78, 5) is 6.50. The first-order valence-electron chi connectivity index (χ1n) is 6.41. The van der Waals surface area contributed by atoms with Crippen molar-refractivity contribution in [3.8, 4) is 10.4 Å². The topological polar surface area (TPSA) is 38.9 Å². The maximum atomic E-state index is 5.77. The van der Waals surface area contributed by atoms with E-state index in [2.05, 4.69) is 49.0 Å². The third-order valence-corrected chi connectivity index (χ3v) is 4.84. The first kappa shape index (κ1) is 13.9. The van der Waals surface area contributed by atoms with Gasteiger partial charge in [0, 0.05) is 10.5 Å². The van der Waals surface area contributed by atoms with E-state index in [-0.39, 0.29) is 0 Å². The molecule has 0 atom stereocenters. The van der Waals surface area contributed by atoms with Crippen LogP contribution in [-0.2, 0) is 0 Å². The smallest absolute Gasteiger partial charge is 0.139 e. The number of thiol groups is 1. The Labute approximate surface area is 133 Å². The van der Waals surface area contributed by atoms with E-state index >= 15 is 0 Å². The van der Waals surface area contributed by atoms with Gasteiger partial charge < -0.3 is 5.73 Å². The van der Waals surface area contributed by atoms with Crippen LogP contribution in [0.5, 0.6) is 0 Å². The molecule has 2 aromatic carbocycles. The van der Waals surface area contributed by atoms with Gasteiger partial charge in [-0.15, -0.1) is 24.0 Å². The molecule has 0 fully saturated rings. The fraction of sp³-hybridized carbons (Fsp3) is 0. The highest BCUT2D eigenvalue weighted by atomic mass is 32.1. The summed E-state index contributed by atoms with van der Waals surface area (Å²) in [5.41, 5.74) is 8.20. The van der Waals surface area contributed by atoms with E-state index in [4.69, 9.17) is 5.73 Å². The van der Waals surface area contributed by atoms with Gasteiger partial charge in [0.2, 0.25) is 0 Å². The highest BCUT2D eigenvalue weighted by Crippen LogP contribution is 2.38. The molecule has 0 aliphatic rings. The Hall–Kier alpha value is -2.04. The van der Waals surface area contributed by atoms with Crippen molar-refractivity contribution in [3.63, 3.8) is 0 Å². The van der Waals surface area contributed by atoms with Gasteiger partial charge in [-0.2, -0.15) is 0 Å². The molecular weight excluding hydrogens is 296 g/mol. The minimum Gasteiger partial charge on any atom is -0.397 e. The molecule has 104 valence electrons. The molecule has 0 saturated carbocycles. The van der Waals surface area contributed by atoms with Gasteiger partial charge >= 0.3 is 0 Å². The van der Waals surface area contributed by atoms with E-state index in [1.807, 2.05) is 18.2 Å². The zero-order valence-electron chi connectivity index (χ0n) is 11.3. The van der Waals surface area contributed by atoms with Gasteiger partial charge in [0.05, 0.1) is 16.3 Å². The summed E-state index contributed by atoms with van der Waals surface area (Å²) >= 11 is 6.06. The Kier molecular flexibility index (Phi) is 3.57. The van der Waals surface area contributed by atoms with Crippen LogP contribution in [-0.4, -0.2) is 4.98 Å². The molecule has 21 heavy (non-hydrogen) atoms. The molecule has 0 radical (unpaired) electrons. The van der Waals surface area contributed by atoms with Gasteiger partial charge in [-0.1, -0.05) is 43.5 Å². The van der Waals surface area contributed by atoms with Crippen LogP contribution in [0.15, 0.2) is 54.5 Å². The van der Waals surface area contributed by atoms with Gasteiger partial charge in [-0.25, -0.2) is 4.98 Å². The van der Waals surface area contributed by atoms with Gasteiger partial charge in [0.1, 0.15) is 5.01 Å². The van der Waals surface area contributed by atoms with Crippen LogP contribution in [0, 0.1) is 0 Å².